The Labute approximate surface area is 148 Å². The summed E-state index contributed by atoms with van der Waals surface area (Å²) < 4.78 is 29.2. The van der Waals surface area contributed by atoms with Gasteiger partial charge in [-0.3, -0.25) is 14.5 Å². The van der Waals surface area contributed by atoms with Gasteiger partial charge in [0.2, 0.25) is 10.0 Å². The number of hydrogen-bond acceptors (Lipinski definition) is 8. The second-order valence-electron chi connectivity index (χ2n) is 5.47. The Morgan fingerprint density at radius 2 is 1.69 bits per heavy atom. The Hall–Kier alpha value is -3.14. The first kappa shape index (κ1) is 19.2. The van der Waals surface area contributed by atoms with Crippen molar-refractivity contribution in [2.75, 3.05) is 11.0 Å². The quantitative estimate of drug-likeness (QED) is 0.529. The SMILES string of the molecule is CC(=O)c1c(O)oc(=O)c(C(C)=Nc2ccc(NS(C)(=O)=O)cc2)c1O. The zero-order valence-electron chi connectivity index (χ0n) is 14.1. The summed E-state index contributed by atoms with van der Waals surface area (Å²) in [6.07, 6.45) is 1.02. The zero-order valence-corrected chi connectivity index (χ0v) is 14.9. The van der Waals surface area contributed by atoms with Crippen molar-refractivity contribution in [3.8, 4) is 11.7 Å². The van der Waals surface area contributed by atoms with Gasteiger partial charge in [-0.25, -0.2) is 13.2 Å². The lowest BCUT2D eigenvalue weighted by Gasteiger charge is -2.08. The molecule has 0 fully saturated rings. The van der Waals surface area contributed by atoms with Gasteiger partial charge in [-0.1, -0.05) is 0 Å². The van der Waals surface area contributed by atoms with E-state index in [-0.39, 0.29) is 11.3 Å². The summed E-state index contributed by atoms with van der Waals surface area (Å²) in [5.41, 5.74) is -1.19. The van der Waals surface area contributed by atoms with Crippen LogP contribution in [-0.4, -0.2) is 36.4 Å². The molecule has 1 aromatic heterocycles. The van der Waals surface area contributed by atoms with Gasteiger partial charge in [0.15, 0.2) is 5.78 Å². The summed E-state index contributed by atoms with van der Waals surface area (Å²) in [7, 11) is -3.41. The van der Waals surface area contributed by atoms with Crippen LogP contribution in [0, 0.1) is 0 Å². The van der Waals surface area contributed by atoms with Crippen LogP contribution in [0.5, 0.6) is 11.7 Å². The number of aliphatic imine (C=N–C) groups is 1. The first-order valence-electron chi connectivity index (χ1n) is 7.23. The first-order chi connectivity index (χ1) is 12.0. The van der Waals surface area contributed by atoms with Gasteiger partial charge >= 0.3 is 5.63 Å². The van der Waals surface area contributed by atoms with Gasteiger partial charge < -0.3 is 14.6 Å². The van der Waals surface area contributed by atoms with Gasteiger partial charge in [0.05, 0.1) is 17.7 Å². The van der Waals surface area contributed by atoms with Crippen LogP contribution in [0.4, 0.5) is 11.4 Å². The van der Waals surface area contributed by atoms with Crippen LogP contribution >= 0.6 is 0 Å². The van der Waals surface area contributed by atoms with Crippen molar-refractivity contribution < 1.29 is 27.8 Å². The third-order valence-corrected chi connectivity index (χ3v) is 3.87. The molecule has 0 unspecified atom stereocenters. The molecule has 9 nitrogen and oxygen atoms in total. The van der Waals surface area contributed by atoms with E-state index in [2.05, 4.69) is 14.1 Å². The minimum atomic E-state index is -3.41. The van der Waals surface area contributed by atoms with Gasteiger partial charge in [0, 0.05) is 5.69 Å². The van der Waals surface area contributed by atoms with E-state index in [0.717, 1.165) is 13.2 Å². The van der Waals surface area contributed by atoms with Crippen LogP contribution in [0.25, 0.3) is 0 Å². The molecule has 0 bridgehead atoms. The minimum absolute atomic E-state index is 0.0440. The summed E-state index contributed by atoms with van der Waals surface area (Å²) in [6, 6.07) is 5.91. The number of sulfonamides is 1. The number of nitrogens with zero attached hydrogens (tertiary/aromatic N) is 1. The van der Waals surface area contributed by atoms with E-state index in [1.807, 2.05) is 0 Å². The Bertz CT molecular complexity index is 1050. The topological polar surface area (TPSA) is 146 Å². The third-order valence-electron chi connectivity index (χ3n) is 3.26. The molecule has 0 amide bonds. The Morgan fingerprint density at radius 1 is 1.12 bits per heavy atom. The predicted octanol–water partition coefficient (Wildman–Crippen LogP) is 1.77. The Balaban J connectivity index is 2.46. The fourth-order valence-electron chi connectivity index (χ4n) is 2.22. The molecule has 0 saturated heterocycles. The summed E-state index contributed by atoms with van der Waals surface area (Å²) in [6.45, 7) is 2.51. The van der Waals surface area contributed by atoms with Crippen molar-refractivity contribution in [3.63, 3.8) is 0 Å². The summed E-state index contributed by atoms with van der Waals surface area (Å²) in [5, 5.41) is 19.7. The van der Waals surface area contributed by atoms with E-state index in [4.69, 9.17) is 0 Å². The highest BCUT2D eigenvalue weighted by atomic mass is 32.2. The minimum Gasteiger partial charge on any atom is -0.506 e. The molecule has 1 heterocycles. The van der Waals surface area contributed by atoms with Gasteiger partial charge in [-0.2, -0.15) is 0 Å². The second kappa shape index (κ2) is 7.00. The fraction of sp³-hybridized carbons (Fsp3) is 0.188. The van der Waals surface area contributed by atoms with Crippen LogP contribution in [0.3, 0.4) is 0 Å². The number of ketones is 1. The number of benzene rings is 1. The molecule has 0 atom stereocenters. The van der Waals surface area contributed by atoms with E-state index in [1.54, 1.807) is 0 Å². The fourth-order valence-corrected chi connectivity index (χ4v) is 2.78. The average molecular weight is 380 g/mol. The van der Waals surface area contributed by atoms with Crippen molar-refractivity contribution in [1.82, 2.24) is 0 Å². The van der Waals surface area contributed by atoms with Crippen LogP contribution in [0.2, 0.25) is 0 Å². The zero-order chi connectivity index (χ0) is 19.6. The van der Waals surface area contributed by atoms with Crippen molar-refractivity contribution in [3.05, 3.63) is 45.8 Å². The molecule has 2 rings (SSSR count). The number of rotatable bonds is 5. The highest BCUT2D eigenvalue weighted by Crippen LogP contribution is 2.29. The molecule has 0 aliphatic heterocycles. The lowest BCUT2D eigenvalue weighted by molar-refractivity contribution is 0.100. The van der Waals surface area contributed by atoms with Gasteiger partial charge in [0.1, 0.15) is 16.9 Å². The third kappa shape index (κ3) is 4.28. The van der Waals surface area contributed by atoms with Crippen LogP contribution in [-0.2, 0) is 10.0 Å². The molecule has 0 saturated carbocycles. The number of Topliss-reactive ketones (excluding diaryl/α,β-unsaturated/α-hetero) is 1. The number of anilines is 1. The highest BCUT2D eigenvalue weighted by molar-refractivity contribution is 7.92. The molecule has 0 aliphatic rings. The maximum absolute atomic E-state index is 11.9. The smallest absolute Gasteiger partial charge is 0.351 e. The number of hydrogen-bond donors (Lipinski definition) is 3. The molecular formula is C16H16N2O7S. The number of carbonyl (C=O) groups excluding carboxylic acids is 1. The molecule has 138 valence electrons. The second-order valence-corrected chi connectivity index (χ2v) is 7.22. The van der Waals surface area contributed by atoms with Crippen LogP contribution in [0.15, 0.2) is 38.5 Å². The predicted molar refractivity (Wildman–Crippen MR) is 95.1 cm³/mol. The molecule has 0 spiro atoms. The van der Waals surface area contributed by atoms with Gasteiger partial charge in [-0.15, -0.1) is 0 Å². The standard InChI is InChI=1S/C16H16N2O7S/c1-8(12-14(20)13(9(2)19)16(22)25-15(12)21)17-10-4-6-11(7-5-10)18-26(3,23)24/h4-7,18,20,22H,1-3H3. The van der Waals surface area contributed by atoms with Crippen molar-refractivity contribution in [1.29, 1.82) is 0 Å². The highest BCUT2D eigenvalue weighted by Gasteiger charge is 2.23. The van der Waals surface area contributed by atoms with E-state index in [0.29, 0.717) is 11.4 Å². The molecule has 0 aliphatic carbocycles. The maximum Gasteiger partial charge on any atom is 0.351 e. The number of carbonyl (C=O) groups is 1. The van der Waals surface area contributed by atoms with Crippen molar-refractivity contribution >= 4 is 32.9 Å². The summed E-state index contributed by atoms with van der Waals surface area (Å²) in [5.74, 6) is -2.37. The number of nitrogens with one attached hydrogen (secondary N) is 1. The molecule has 1 aromatic carbocycles. The van der Waals surface area contributed by atoms with Crippen molar-refractivity contribution in [2.45, 2.75) is 13.8 Å². The van der Waals surface area contributed by atoms with E-state index in [9.17, 15) is 28.2 Å². The molecule has 26 heavy (non-hydrogen) atoms. The first-order valence-corrected chi connectivity index (χ1v) is 9.12. The molecule has 10 heteroatoms. The molecule has 0 radical (unpaired) electrons. The Morgan fingerprint density at radius 3 is 2.19 bits per heavy atom. The molecule has 3 N–H and O–H groups in total. The summed E-state index contributed by atoms with van der Waals surface area (Å²) >= 11 is 0. The van der Waals surface area contributed by atoms with E-state index >= 15 is 0 Å². The van der Waals surface area contributed by atoms with Crippen LogP contribution < -0.4 is 10.3 Å². The largest absolute Gasteiger partial charge is 0.506 e. The lowest BCUT2D eigenvalue weighted by Crippen LogP contribution is -2.15. The van der Waals surface area contributed by atoms with Crippen molar-refractivity contribution in [2.24, 2.45) is 4.99 Å². The van der Waals surface area contributed by atoms with Crippen LogP contribution in [0.1, 0.15) is 29.8 Å². The lowest BCUT2D eigenvalue weighted by atomic mass is 10.1. The Kier molecular flexibility index (Phi) is 5.17. The molecule has 2 aromatic rings. The summed E-state index contributed by atoms with van der Waals surface area (Å²) in [4.78, 5) is 27.6. The van der Waals surface area contributed by atoms with Gasteiger partial charge in [-0.05, 0) is 38.1 Å². The van der Waals surface area contributed by atoms with E-state index in [1.165, 1.54) is 31.2 Å². The maximum atomic E-state index is 11.9. The molecular weight excluding hydrogens is 364 g/mol. The monoisotopic (exact) mass is 380 g/mol. The van der Waals surface area contributed by atoms with E-state index < -0.39 is 38.7 Å². The van der Waals surface area contributed by atoms with Gasteiger partial charge in [0.25, 0.3) is 5.95 Å². The number of aromatic hydroxyl groups is 2. The normalized spacial score (nSPS) is 12.0. The average Bonchev–Trinajstić information content (AvgIpc) is 2.46.